The van der Waals surface area contributed by atoms with Crippen molar-refractivity contribution in [3.8, 4) is 0 Å². The molecule has 0 radical (unpaired) electrons. The standard InChI is InChI=1S/C13H12F6N2O/c1-21(2)9-5-3-8(4-6-9)20-10(12(14,15)16)7-11(22)13(17,18)19/h3-7,20H,1-2H3/b10-7+. The van der Waals surface area contributed by atoms with Crippen molar-refractivity contribution in [2.45, 2.75) is 12.4 Å². The first-order valence-electron chi connectivity index (χ1n) is 5.85. The first-order valence-corrected chi connectivity index (χ1v) is 5.85. The summed E-state index contributed by atoms with van der Waals surface area (Å²) in [6.45, 7) is 0. The zero-order chi connectivity index (χ0) is 17.1. The third kappa shape index (κ3) is 4.97. The van der Waals surface area contributed by atoms with E-state index in [0.29, 0.717) is 5.69 Å². The number of ketones is 1. The Labute approximate surface area is 122 Å². The van der Waals surface area contributed by atoms with Gasteiger partial charge in [0.05, 0.1) is 0 Å². The third-order valence-corrected chi connectivity index (χ3v) is 2.52. The number of nitrogens with zero attached hydrogens (tertiary/aromatic N) is 1. The second-order valence-electron chi connectivity index (χ2n) is 4.48. The van der Waals surface area contributed by atoms with Gasteiger partial charge in [-0.3, -0.25) is 4.79 Å². The molecule has 122 valence electrons. The second kappa shape index (κ2) is 6.29. The van der Waals surface area contributed by atoms with Crippen LogP contribution >= 0.6 is 0 Å². The molecule has 9 heteroatoms. The number of hydrogen-bond acceptors (Lipinski definition) is 3. The van der Waals surface area contributed by atoms with Gasteiger partial charge in [0.2, 0.25) is 0 Å². The fourth-order valence-electron chi connectivity index (χ4n) is 1.40. The Morgan fingerprint density at radius 3 is 1.86 bits per heavy atom. The number of rotatable bonds is 4. The van der Waals surface area contributed by atoms with Crippen molar-refractivity contribution in [1.82, 2.24) is 0 Å². The summed E-state index contributed by atoms with van der Waals surface area (Å²) in [6.07, 6.45) is -11.0. The minimum Gasteiger partial charge on any atom is -0.378 e. The summed E-state index contributed by atoms with van der Waals surface area (Å²) >= 11 is 0. The molecule has 22 heavy (non-hydrogen) atoms. The number of alkyl halides is 6. The second-order valence-corrected chi connectivity index (χ2v) is 4.48. The number of halogens is 6. The highest BCUT2D eigenvalue weighted by Gasteiger charge is 2.41. The molecule has 0 aromatic heterocycles. The van der Waals surface area contributed by atoms with E-state index in [1.165, 1.54) is 24.3 Å². The SMILES string of the molecule is CN(C)c1ccc(N/C(=C/C(=O)C(F)(F)F)C(F)(F)F)cc1. The van der Waals surface area contributed by atoms with Crippen LogP contribution in [0, 0.1) is 0 Å². The van der Waals surface area contributed by atoms with E-state index in [-0.39, 0.29) is 5.69 Å². The fraction of sp³-hybridized carbons (Fsp3) is 0.308. The third-order valence-electron chi connectivity index (χ3n) is 2.52. The van der Waals surface area contributed by atoms with Gasteiger partial charge in [-0.2, -0.15) is 26.3 Å². The van der Waals surface area contributed by atoms with Gasteiger partial charge in [0.15, 0.2) is 0 Å². The van der Waals surface area contributed by atoms with Crippen LogP contribution in [0.4, 0.5) is 37.7 Å². The zero-order valence-electron chi connectivity index (χ0n) is 11.5. The van der Waals surface area contributed by atoms with Crippen LogP contribution in [0.2, 0.25) is 0 Å². The Bertz CT molecular complexity index is 557. The van der Waals surface area contributed by atoms with Crippen molar-refractivity contribution in [2.24, 2.45) is 0 Å². The lowest BCUT2D eigenvalue weighted by Gasteiger charge is -2.16. The molecule has 0 amide bonds. The van der Waals surface area contributed by atoms with Crippen LogP contribution in [0.3, 0.4) is 0 Å². The van der Waals surface area contributed by atoms with Crippen molar-refractivity contribution in [1.29, 1.82) is 0 Å². The molecule has 0 heterocycles. The summed E-state index contributed by atoms with van der Waals surface area (Å²) in [5.41, 5.74) is -1.19. The van der Waals surface area contributed by atoms with Gasteiger partial charge < -0.3 is 10.2 Å². The van der Waals surface area contributed by atoms with Gasteiger partial charge in [-0.05, 0) is 24.3 Å². The van der Waals surface area contributed by atoms with Crippen LogP contribution in [0.15, 0.2) is 36.0 Å². The topological polar surface area (TPSA) is 32.3 Å². The molecule has 3 nitrogen and oxygen atoms in total. The normalized spacial score (nSPS) is 13.0. The summed E-state index contributed by atoms with van der Waals surface area (Å²) in [6, 6.07) is 5.46. The molecule has 0 aliphatic rings. The van der Waals surface area contributed by atoms with Gasteiger partial charge in [-0.15, -0.1) is 0 Å². The molecule has 0 atom stereocenters. The Hall–Kier alpha value is -2.19. The van der Waals surface area contributed by atoms with Crippen molar-refractivity contribution < 1.29 is 31.1 Å². The summed E-state index contributed by atoms with van der Waals surface area (Å²) < 4.78 is 74.4. The largest absolute Gasteiger partial charge is 0.454 e. The van der Waals surface area contributed by atoms with E-state index < -0.39 is 29.9 Å². The lowest BCUT2D eigenvalue weighted by atomic mass is 10.2. The smallest absolute Gasteiger partial charge is 0.378 e. The molecular weight excluding hydrogens is 314 g/mol. The van der Waals surface area contributed by atoms with Crippen LogP contribution < -0.4 is 10.2 Å². The number of anilines is 2. The van der Waals surface area contributed by atoms with Crippen molar-refractivity contribution >= 4 is 17.2 Å². The molecule has 0 aliphatic heterocycles. The average molecular weight is 326 g/mol. The van der Waals surface area contributed by atoms with Gasteiger partial charge in [0.25, 0.3) is 5.78 Å². The molecule has 0 unspecified atom stereocenters. The van der Waals surface area contributed by atoms with Crippen LogP contribution in [-0.4, -0.2) is 32.2 Å². The molecule has 0 spiro atoms. The van der Waals surface area contributed by atoms with Gasteiger partial charge in [-0.25, -0.2) is 0 Å². The van der Waals surface area contributed by atoms with Crippen molar-refractivity contribution in [3.05, 3.63) is 36.0 Å². The van der Waals surface area contributed by atoms with Crippen molar-refractivity contribution in [3.63, 3.8) is 0 Å². The number of benzene rings is 1. The number of carbonyl (C=O) groups excluding carboxylic acids is 1. The van der Waals surface area contributed by atoms with Crippen LogP contribution in [0.1, 0.15) is 0 Å². The Morgan fingerprint density at radius 1 is 1.00 bits per heavy atom. The quantitative estimate of drug-likeness (QED) is 0.676. The molecule has 0 fully saturated rings. The molecule has 0 bridgehead atoms. The van der Waals surface area contributed by atoms with E-state index in [1.807, 2.05) is 0 Å². The molecule has 0 saturated carbocycles. The van der Waals surface area contributed by atoms with E-state index in [2.05, 4.69) is 0 Å². The summed E-state index contributed by atoms with van der Waals surface area (Å²) in [7, 11) is 3.43. The highest BCUT2D eigenvalue weighted by Crippen LogP contribution is 2.29. The zero-order valence-corrected chi connectivity index (χ0v) is 11.5. The number of allylic oxidation sites excluding steroid dienone is 2. The first kappa shape index (κ1) is 17.9. The maximum atomic E-state index is 12.7. The lowest BCUT2D eigenvalue weighted by molar-refractivity contribution is -0.165. The highest BCUT2D eigenvalue weighted by atomic mass is 19.4. The predicted molar refractivity (Wildman–Crippen MR) is 69.6 cm³/mol. The van der Waals surface area contributed by atoms with Crippen LogP contribution in [0.5, 0.6) is 0 Å². The minimum atomic E-state index is -5.37. The molecule has 1 aromatic rings. The molecule has 1 rings (SSSR count). The molecule has 0 aliphatic carbocycles. The van der Waals surface area contributed by atoms with Gasteiger partial charge >= 0.3 is 12.4 Å². The molecular formula is C13H12F6N2O. The molecule has 0 saturated heterocycles. The summed E-state index contributed by atoms with van der Waals surface area (Å²) in [5.74, 6) is -2.59. The van der Waals surface area contributed by atoms with Crippen molar-refractivity contribution in [2.75, 3.05) is 24.3 Å². The average Bonchev–Trinajstić information content (AvgIpc) is 2.36. The first-order chi connectivity index (χ1) is 9.91. The Kier molecular flexibility index (Phi) is 5.10. The number of carbonyl (C=O) groups is 1. The summed E-state index contributed by atoms with van der Waals surface area (Å²) in [5, 5.41) is 1.78. The van der Waals surface area contributed by atoms with E-state index >= 15 is 0 Å². The predicted octanol–water partition coefficient (Wildman–Crippen LogP) is 3.74. The summed E-state index contributed by atoms with van der Waals surface area (Å²) in [4.78, 5) is 12.4. The molecule has 1 N–H and O–H groups in total. The Balaban J connectivity index is 3.05. The van der Waals surface area contributed by atoms with Gasteiger partial charge in [-0.1, -0.05) is 0 Å². The van der Waals surface area contributed by atoms with Crippen LogP contribution in [-0.2, 0) is 4.79 Å². The van der Waals surface area contributed by atoms with E-state index in [1.54, 1.807) is 24.3 Å². The number of hydrogen-bond donors (Lipinski definition) is 1. The van der Waals surface area contributed by atoms with Crippen LogP contribution in [0.25, 0.3) is 0 Å². The highest BCUT2D eigenvalue weighted by molar-refractivity contribution is 5.95. The monoisotopic (exact) mass is 326 g/mol. The Morgan fingerprint density at radius 2 is 1.50 bits per heavy atom. The number of nitrogens with one attached hydrogen (secondary N) is 1. The van der Waals surface area contributed by atoms with E-state index in [0.717, 1.165) is 0 Å². The van der Waals surface area contributed by atoms with Gasteiger partial charge in [0.1, 0.15) is 5.70 Å². The maximum Gasteiger partial charge on any atom is 0.454 e. The van der Waals surface area contributed by atoms with Gasteiger partial charge in [0, 0.05) is 31.5 Å². The minimum absolute atomic E-state index is 0.0934. The lowest BCUT2D eigenvalue weighted by Crippen LogP contribution is -2.26. The molecule has 1 aromatic carbocycles. The fourth-order valence-corrected chi connectivity index (χ4v) is 1.40. The van der Waals surface area contributed by atoms with E-state index in [4.69, 9.17) is 0 Å². The maximum absolute atomic E-state index is 12.7. The van der Waals surface area contributed by atoms with E-state index in [9.17, 15) is 31.1 Å².